The molecule has 2 aliphatic rings. The van der Waals surface area contributed by atoms with Gasteiger partial charge in [0.15, 0.2) is 5.79 Å². The lowest BCUT2D eigenvalue weighted by molar-refractivity contribution is -0.194. The number of hydrogen-bond acceptors (Lipinski definition) is 5. The van der Waals surface area contributed by atoms with Crippen molar-refractivity contribution >= 4 is 6.09 Å². The monoisotopic (exact) mass is 307 g/mol. The highest BCUT2D eigenvalue weighted by Gasteiger charge is 2.45. The molecule has 1 heterocycles. The molecule has 6 heteroatoms. The Hall–Kier alpha value is -1.63. The van der Waals surface area contributed by atoms with E-state index in [-0.39, 0.29) is 6.61 Å². The summed E-state index contributed by atoms with van der Waals surface area (Å²) in [6.45, 7) is 1.32. The molecule has 2 fully saturated rings. The summed E-state index contributed by atoms with van der Waals surface area (Å²) in [6, 6.07) is 9.04. The smallest absolute Gasteiger partial charge is 0.407 e. The van der Waals surface area contributed by atoms with Crippen LogP contribution in [0, 0.1) is 0 Å². The van der Waals surface area contributed by atoms with Crippen LogP contribution in [0.2, 0.25) is 0 Å². The van der Waals surface area contributed by atoms with Gasteiger partial charge in [-0.2, -0.15) is 0 Å². The summed E-state index contributed by atoms with van der Waals surface area (Å²) in [7, 11) is 0. The third-order valence-electron chi connectivity index (χ3n) is 4.15. The molecule has 0 radical (unpaired) electrons. The van der Waals surface area contributed by atoms with Crippen LogP contribution in [0.3, 0.4) is 0 Å². The molecule has 1 spiro atoms. The van der Waals surface area contributed by atoms with Crippen molar-refractivity contribution in [2.24, 2.45) is 0 Å². The molecule has 2 unspecified atom stereocenters. The molecule has 1 amide bonds. The zero-order valence-corrected chi connectivity index (χ0v) is 12.4. The number of hydrogen-bond donors (Lipinski definition) is 2. The fourth-order valence-corrected chi connectivity index (χ4v) is 2.96. The topological polar surface area (TPSA) is 77.0 Å². The first-order chi connectivity index (χ1) is 10.7. The second-order valence-electron chi connectivity index (χ2n) is 5.73. The molecule has 0 aromatic heterocycles. The van der Waals surface area contributed by atoms with E-state index < -0.39 is 24.0 Å². The Morgan fingerprint density at radius 2 is 2.05 bits per heavy atom. The van der Waals surface area contributed by atoms with Crippen molar-refractivity contribution in [2.45, 2.75) is 43.8 Å². The largest absolute Gasteiger partial charge is 0.445 e. The average Bonchev–Trinajstić information content (AvgIpc) is 2.98. The van der Waals surface area contributed by atoms with Crippen LogP contribution >= 0.6 is 0 Å². The van der Waals surface area contributed by atoms with Crippen LogP contribution in [0.1, 0.15) is 24.8 Å². The normalized spacial score (nSPS) is 26.8. The zero-order chi connectivity index (χ0) is 15.4. The van der Waals surface area contributed by atoms with Crippen LogP contribution in [0.15, 0.2) is 30.3 Å². The molecule has 22 heavy (non-hydrogen) atoms. The molecule has 2 atom stereocenters. The van der Waals surface area contributed by atoms with Crippen molar-refractivity contribution in [2.75, 3.05) is 13.2 Å². The molecule has 1 aromatic carbocycles. The van der Waals surface area contributed by atoms with E-state index >= 15 is 0 Å². The van der Waals surface area contributed by atoms with Crippen LogP contribution in [0.5, 0.6) is 0 Å². The number of rotatable bonds is 3. The molecule has 2 N–H and O–H groups in total. The number of aliphatic hydroxyl groups excluding tert-OH is 1. The molecule has 1 aliphatic carbocycles. The number of ether oxygens (including phenoxy) is 3. The van der Waals surface area contributed by atoms with Crippen molar-refractivity contribution in [1.29, 1.82) is 0 Å². The Labute approximate surface area is 129 Å². The molecule has 1 aromatic rings. The maximum Gasteiger partial charge on any atom is 0.407 e. The first-order valence-electron chi connectivity index (χ1n) is 7.60. The van der Waals surface area contributed by atoms with Crippen molar-refractivity contribution in [1.82, 2.24) is 5.32 Å². The van der Waals surface area contributed by atoms with Gasteiger partial charge in [-0.15, -0.1) is 0 Å². The van der Waals surface area contributed by atoms with Crippen LogP contribution in [-0.4, -0.2) is 42.3 Å². The van der Waals surface area contributed by atoms with E-state index in [1.54, 1.807) is 0 Å². The zero-order valence-electron chi connectivity index (χ0n) is 12.4. The number of carbonyl (C=O) groups excluding carboxylic acids is 1. The molecular formula is C16H21NO5. The van der Waals surface area contributed by atoms with Gasteiger partial charge in [0.2, 0.25) is 0 Å². The summed E-state index contributed by atoms with van der Waals surface area (Å²) in [4.78, 5) is 11.9. The Morgan fingerprint density at radius 3 is 2.77 bits per heavy atom. The van der Waals surface area contributed by atoms with E-state index in [1.807, 2.05) is 30.3 Å². The lowest BCUT2D eigenvalue weighted by Crippen LogP contribution is -2.53. The second kappa shape index (κ2) is 6.64. The minimum absolute atomic E-state index is 0.202. The summed E-state index contributed by atoms with van der Waals surface area (Å²) < 4.78 is 16.5. The Morgan fingerprint density at radius 1 is 1.32 bits per heavy atom. The van der Waals surface area contributed by atoms with Crippen molar-refractivity contribution in [3.63, 3.8) is 0 Å². The minimum atomic E-state index is -0.656. The van der Waals surface area contributed by atoms with Gasteiger partial charge in [-0.3, -0.25) is 0 Å². The third-order valence-corrected chi connectivity index (χ3v) is 4.15. The van der Waals surface area contributed by atoms with E-state index in [2.05, 4.69) is 5.32 Å². The fraction of sp³-hybridized carbons (Fsp3) is 0.562. The first-order valence-corrected chi connectivity index (χ1v) is 7.60. The molecule has 0 bridgehead atoms. The fourth-order valence-electron chi connectivity index (χ4n) is 2.96. The van der Waals surface area contributed by atoms with Gasteiger partial charge in [0, 0.05) is 12.8 Å². The highest BCUT2D eigenvalue weighted by molar-refractivity contribution is 5.67. The maximum absolute atomic E-state index is 11.9. The highest BCUT2D eigenvalue weighted by Crippen LogP contribution is 2.35. The SMILES string of the molecule is O=C(NC1CC2(CCC1O)OCCO2)OCc1ccccc1. The lowest BCUT2D eigenvalue weighted by Gasteiger charge is -2.39. The molecular weight excluding hydrogens is 286 g/mol. The molecule has 1 aliphatic heterocycles. The Balaban J connectivity index is 1.51. The Kier molecular flexibility index (Phi) is 4.61. The molecule has 1 saturated carbocycles. The van der Waals surface area contributed by atoms with Gasteiger partial charge in [0.1, 0.15) is 6.61 Å². The van der Waals surface area contributed by atoms with Gasteiger partial charge in [-0.1, -0.05) is 30.3 Å². The summed E-state index contributed by atoms with van der Waals surface area (Å²) in [6.07, 6.45) is 0.467. The van der Waals surface area contributed by atoms with Crippen LogP contribution in [0.25, 0.3) is 0 Å². The minimum Gasteiger partial charge on any atom is -0.445 e. The van der Waals surface area contributed by atoms with E-state index in [9.17, 15) is 9.90 Å². The van der Waals surface area contributed by atoms with Gasteiger partial charge < -0.3 is 24.6 Å². The molecule has 1 saturated heterocycles. The number of amides is 1. The number of aliphatic hydroxyl groups is 1. The molecule has 120 valence electrons. The summed E-state index contributed by atoms with van der Waals surface area (Å²) >= 11 is 0. The van der Waals surface area contributed by atoms with Gasteiger partial charge in [0.25, 0.3) is 0 Å². The number of nitrogens with one attached hydrogen (secondary N) is 1. The van der Waals surface area contributed by atoms with Crippen LogP contribution in [-0.2, 0) is 20.8 Å². The van der Waals surface area contributed by atoms with Gasteiger partial charge in [0.05, 0.1) is 25.4 Å². The average molecular weight is 307 g/mol. The third kappa shape index (κ3) is 3.58. The maximum atomic E-state index is 11.9. The molecule has 6 nitrogen and oxygen atoms in total. The lowest BCUT2D eigenvalue weighted by atomic mass is 9.87. The predicted molar refractivity (Wildman–Crippen MR) is 78.0 cm³/mol. The summed E-state index contributed by atoms with van der Waals surface area (Å²) in [5.74, 6) is -0.656. The van der Waals surface area contributed by atoms with Gasteiger partial charge in [-0.25, -0.2) is 4.79 Å². The van der Waals surface area contributed by atoms with Gasteiger partial charge in [-0.05, 0) is 12.0 Å². The first kappa shape index (κ1) is 15.3. The van der Waals surface area contributed by atoms with Crippen molar-refractivity contribution < 1.29 is 24.1 Å². The van der Waals surface area contributed by atoms with Crippen LogP contribution < -0.4 is 5.32 Å². The number of carbonyl (C=O) groups is 1. The van der Waals surface area contributed by atoms with E-state index in [0.29, 0.717) is 32.5 Å². The number of alkyl carbamates (subject to hydrolysis) is 1. The quantitative estimate of drug-likeness (QED) is 0.886. The van der Waals surface area contributed by atoms with E-state index in [0.717, 1.165) is 5.56 Å². The highest BCUT2D eigenvalue weighted by atomic mass is 16.7. The van der Waals surface area contributed by atoms with Gasteiger partial charge >= 0.3 is 6.09 Å². The van der Waals surface area contributed by atoms with Crippen molar-refractivity contribution in [3.8, 4) is 0 Å². The Bertz CT molecular complexity index is 501. The standard InChI is InChI=1S/C16H21NO5/c18-14-6-7-16(21-8-9-22-16)10-13(14)17-15(19)20-11-12-4-2-1-3-5-12/h1-5,13-14,18H,6-11H2,(H,17,19). The second-order valence-corrected chi connectivity index (χ2v) is 5.73. The summed E-state index contributed by atoms with van der Waals surface area (Å²) in [5, 5.41) is 12.8. The van der Waals surface area contributed by atoms with Crippen molar-refractivity contribution in [3.05, 3.63) is 35.9 Å². The van der Waals surface area contributed by atoms with E-state index in [4.69, 9.17) is 14.2 Å². The van der Waals surface area contributed by atoms with Crippen LogP contribution in [0.4, 0.5) is 4.79 Å². The van der Waals surface area contributed by atoms with E-state index in [1.165, 1.54) is 0 Å². The molecule has 3 rings (SSSR count). The summed E-state index contributed by atoms with van der Waals surface area (Å²) in [5.41, 5.74) is 0.917. The predicted octanol–water partition coefficient (Wildman–Crippen LogP) is 1.57. The number of benzene rings is 1.